The fourth-order valence-electron chi connectivity index (χ4n) is 3.34. The van der Waals surface area contributed by atoms with Gasteiger partial charge in [0, 0.05) is 24.0 Å². The van der Waals surface area contributed by atoms with Crippen molar-refractivity contribution in [3.63, 3.8) is 0 Å². The molecule has 1 heterocycles. The van der Waals surface area contributed by atoms with Gasteiger partial charge in [0.25, 0.3) is 0 Å². The summed E-state index contributed by atoms with van der Waals surface area (Å²) in [6.07, 6.45) is 4.15. The van der Waals surface area contributed by atoms with Crippen molar-refractivity contribution in [2.24, 2.45) is 0 Å². The Morgan fingerprint density at radius 1 is 1.32 bits per heavy atom. The van der Waals surface area contributed by atoms with Gasteiger partial charge in [-0.25, -0.2) is 0 Å². The molecule has 1 fully saturated rings. The van der Waals surface area contributed by atoms with Gasteiger partial charge in [0.15, 0.2) is 0 Å². The number of aliphatic hydroxyl groups is 1. The monoisotopic (exact) mass is 262 g/mol. The molecule has 1 atom stereocenters. The number of pyridine rings is 1. The van der Waals surface area contributed by atoms with E-state index in [1.807, 2.05) is 6.92 Å². The molecule has 2 rings (SSSR count). The average molecular weight is 262 g/mol. The van der Waals surface area contributed by atoms with Crippen LogP contribution < -0.4 is 5.32 Å². The molecule has 1 saturated carbocycles. The highest BCUT2D eigenvalue weighted by Crippen LogP contribution is 2.30. The zero-order valence-electron chi connectivity index (χ0n) is 12.6. The number of nitrogens with zero attached hydrogens (tertiary/aromatic N) is 1. The van der Waals surface area contributed by atoms with Gasteiger partial charge in [0.1, 0.15) is 0 Å². The smallest absolute Gasteiger partial charge is 0.0771 e. The normalized spacial score (nSPS) is 19.6. The van der Waals surface area contributed by atoms with Gasteiger partial charge in [-0.3, -0.25) is 4.98 Å². The Labute approximate surface area is 116 Å². The van der Waals surface area contributed by atoms with E-state index in [2.05, 4.69) is 37.1 Å². The van der Waals surface area contributed by atoms with E-state index in [0.29, 0.717) is 6.54 Å². The molecule has 0 aliphatic heterocycles. The first-order valence-corrected chi connectivity index (χ1v) is 7.32. The van der Waals surface area contributed by atoms with Crippen molar-refractivity contribution in [1.82, 2.24) is 10.3 Å². The Bertz CT molecular complexity index is 427. The molecule has 1 aliphatic rings. The third kappa shape index (κ3) is 3.34. The fourth-order valence-corrected chi connectivity index (χ4v) is 3.34. The van der Waals surface area contributed by atoms with Crippen molar-refractivity contribution in [3.8, 4) is 0 Å². The van der Waals surface area contributed by atoms with Crippen LogP contribution in [0.25, 0.3) is 0 Å². The number of nitrogens with one attached hydrogen (secondary N) is 1. The topological polar surface area (TPSA) is 45.1 Å². The van der Waals surface area contributed by atoms with Crippen molar-refractivity contribution >= 4 is 0 Å². The summed E-state index contributed by atoms with van der Waals surface area (Å²) in [5.41, 5.74) is 4.22. The highest BCUT2D eigenvalue weighted by atomic mass is 16.3. The second-order valence-electron chi connectivity index (χ2n) is 6.11. The van der Waals surface area contributed by atoms with Crippen LogP contribution in [0.3, 0.4) is 0 Å². The predicted octanol–water partition coefficient (Wildman–Crippen LogP) is 2.96. The van der Waals surface area contributed by atoms with E-state index < -0.39 is 5.60 Å². The first kappa shape index (κ1) is 14.5. The van der Waals surface area contributed by atoms with Crippen LogP contribution in [-0.4, -0.2) is 22.2 Å². The maximum absolute atomic E-state index is 10.4. The van der Waals surface area contributed by atoms with Crippen LogP contribution in [0.15, 0.2) is 6.07 Å². The van der Waals surface area contributed by atoms with E-state index >= 15 is 0 Å². The first-order chi connectivity index (χ1) is 8.91. The molecule has 0 amide bonds. The molecule has 19 heavy (non-hydrogen) atoms. The second kappa shape index (κ2) is 5.59. The van der Waals surface area contributed by atoms with Gasteiger partial charge in [-0.05, 0) is 57.7 Å². The Morgan fingerprint density at radius 3 is 2.53 bits per heavy atom. The van der Waals surface area contributed by atoms with Crippen molar-refractivity contribution in [2.75, 3.05) is 6.54 Å². The van der Waals surface area contributed by atoms with Crippen molar-refractivity contribution in [3.05, 3.63) is 28.6 Å². The standard InChI is InChI=1S/C16H26N2O/c1-11-9-12(2)18-14(4)15(11)13(3)17-10-16(19)7-5-6-8-16/h9,13,17,19H,5-8,10H2,1-4H3. The van der Waals surface area contributed by atoms with Crippen LogP contribution in [0.1, 0.15) is 61.2 Å². The largest absolute Gasteiger partial charge is 0.389 e. The molecule has 3 nitrogen and oxygen atoms in total. The summed E-state index contributed by atoms with van der Waals surface area (Å²) in [6.45, 7) is 9.08. The minimum Gasteiger partial charge on any atom is -0.389 e. The van der Waals surface area contributed by atoms with Gasteiger partial charge in [-0.2, -0.15) is 0 Å². The van der Waals surface area contributed by atoms with E-state index in [0.717, 1.165) is 37.1 Å². The molecular formula is C16H26N2O. The van der Waals surface area contributed by atoms with Crippen LogP contribution in [0.2, 0.25) is 0 Å². The third-order valence-corrected chi connectivity index (χ3v) is 4.29. The van der Waals surface area contributed by atoms with E-state index in [1.165, 1.54) is 11.1 Å². The number of hydrogen-bond donors (Lipinski definition) is 2. The summed E-state index contributed by atoms with van der Waals surface area (Å²) < 4.78 is 0. The summed E-state index contributed by atoms with van der Waals surface area (Å²) in [4.78, 5) is 4.55. The SMILES string of the molecule is Cc1cc(C)c(C(C)NCC2(O)CCCC2)c(C)n1. The fraction of sp³-hybridized carbons (Fsp3) is 0.688. The maximum Gasteiger partial charge on any atom is 0.0771 e. The first-order valence-electron chi connectivity index (χ1n) is 7.32. The lowest BCUT2D eigenvalue weighted by atomic mass is 9.98. The van der Waals surface area contributed by atoms with Crippen molar-refractivity contribution in [1.29, 1.82) is 0 Å². The van der Waals surface area contributed by atoms with Gasteiger partial charge in [-0.15, -0.1) is 0 Å². The second-order valence-corrected chi connectivity index (χ2v) is 6.11. The molecule has 2 N–H and O–H groups in total. The number of rotatable bonds is 4. The average Bonchev–Trinajstić information content (AvgIpc) is 2.73. The molecule has 0 bridgehead atoms. The van der Waals surface area contributed by atoms with Gasteiger partial charge >= 0.3 is 0 Å². The number of aryl methyl sites for hydroxylation is 3. The van der Waals surface area contributed by atoms with Crippen LogP contribution in [-0.2, 0) is 0 Å². The van der Waals surface area contributed by atoms with E-state index in [4.69, 9.17) is 0 Å². The molecule has 0 spiro atoms. The summed E-state index contributed by atoms with van der Waals surface area (Å²) in [7, 11) is 0. The van der Waals surface area contributed by atoms with E-state index in [-0.39, 0.29) is 6.04 Å². The predicted molar refractivity (Wildman–Crippen MR) is 78.3 cm³/mol. The zero-order valence-corrected chi connectivity index (χ0v) is 12.6. The quantitative estimate of drug-likeness (QED) is 0.877. The third-order valence-electron chi connectivity index (χ3n) is 4.29. The molecule has 0 aromatic carbocycles. The minimum absolute atomic E-state index is 0.234. The Hall–Kier alpha value is -0.930. The molecule has 3 heteroatoms. The summed E-state index contributed by atoms with van der Waals surface area (Å²) >= 11 is 0. The minimum atomic E-state index is -0.492. The number of hydrogen-bond acceptors (Lipinski definition) is 3. The van der Waals surface area contributed by atoms with E-state index in [1.54, 1.807) is 0 Å². The number of aromatic nitrogens is 1. The Morgan fingerprint density at radius 2 is 1.95 bits per heavy atom. The molecule has 1 aliphatic carbocycles. The lowest BCUT2D eigenvalue weighted by molar-refractivity contribution is 0.0453. The Kier molecular flexibility index (Phi) is 4.26. The highest BCUT2D eigenvalue weighted by molar-refractivity contribution is 5.33. The maximum atomic E-state index is 10.4. The van der Waals surface area contributed by atoms with Gasteiger partial charge in [0.05, 0.1) is 5.60 Å². The van der Waals surface area contributed by atoms with Crippen molar-refractivity contribution in [2.45, 2.75) is 65.0 Å². The molecule has 0 radical (unpaired) electrons. The molecule has 1 unspecified atom stereocenters. The lowest BCUT2D eigenvalue weighted by Gasteiger charge is -2.26. The van der Waals surface area contributed by atoms with Crippen LogP contribution in [0, 0.1) is 20.8 Å². The van der Waals surface area contributed by atoms with E-state index in [9.17, 15) is 5.11 Å². The summed E-state index contributed by atoms with van der Waals surface area (Å²) in [5, 5.41) is 13.9. The van der Waals surface area contributed by atoms with Gasteiger partial charge in [0.2, 0.25) is 0 Å². The molecule has 1 aromatic heterocycles. The molecule has 0 saturated heterocycles. The summed E-state index contributed by atoms with van der Waals surface area (Å²) in [5.74, 6) is 0. The van der Waals surface area contributed by atoms with Gasteiger partial charge in [-0.1, -0.05) is 12.8 Å². The van der Waals surface area contributed by atoms with Gasteiger partial charge < -0.3 is 10.4 Å². The lowest BCUT2D eigenvalue weighted by Crippen LogP contribution is -2.39. The molecule has 106 valence electrons. The molecular weight excluding hydrogens is 236 g/mol. The highest BCUT2D eigenvalue weighted by Gasteiger charge is 2.31. The van der Waals surface area contributed by atoms with Crippen LogP contribution in [0.5, 0.6) is 0 Å². The Balaban J connectivity index is 2.06. The van der Waals surface area contributed by atoms with Crippen LogP contribution in [0.4, 0.5) is 0 Å². The van der Waals surface area contributed by atoms with Crippen molar-refractivity contribution < 1.29 is 5.11 Å². The molecule has 1 aromatic rings. The summed E-state index contributed by atoms with van der Waals surface area (Å²) in [6, 6.07) is 2.36. The van der Waals surface area contributed by atoms with Crippen LogP contribution >= 0.6 is 0 Å². The zero-order chi connectivity index (χ0) is 14.0.